The first-order valence-electron chi connectivity index (χ1n) is 7.01. The molecule has 1 atom stereocenters. The van der Waals surface area contributed by atoms with Gasteiger partial charge in [-0.3, -0.25) is 0 Å². The van der Waals surface area contributed by atoms with E-state index in [2.05, 4.69) is 14.9 Å². The Morgan fingerprint density at radius 2 is 2.40 bits per heavy atom. The number of imidazole rings is 1. The second-order valence-corrected chi connectivity index (χ2v) is 7.14. The van der Waals surface area contributed by atoms with E-state index in [4.69, 9.17) is 4.74 Å². The van der Waals surface area contributed by atoms with Crippen molar-refractivity contribution in [2.24, 2.45) is 0 Å². The van der Waals surface area contributed by atoms with Crippen molar-refractivity contribution in [1.82, 2.24) is 14.9 Å². The second-order valence-electron chi connectivity index (χ2n) is 5.99. The maximum absolute atomic E-state index is 11.6. The maximum Gasteiger partial charge on any atom is 0.407 e. The minimum atomic E-state index is -0.451. The Morgan fingerprint density at radius 3 is 3.05 bits per heavy atom. The number of amides is 1. The molecule has 1 aliphatic heterocycles. The topological polar surface area (TPSA) is 56.1 Å². The molecule has 0 saturated carbocycles. The van der Waals surface area contributed by atoms with E-state index in [0.29, 0.717) is 12.6 Å². The van der Waals surface area contributed by atoms with Crippen molar-refractivity contribution in [1.29, 1.82) is 0 Å². The average molecular weight is 297 g/mol. The number of ether oxygens (including phenoxy) is 1. The molecule has 0 aromatic carbocycles. The van der Waals surface area contributed by atoms with Crippen molar-refractivity contribution >= 4 is 17.9 Å². The van der Waals surface area contributed by atoms with Crippen LogP contribution in [-0.2, 0) is 11.2 Å². The fourth-order valence-corrected chi connectivity index (χ4v) is 3.41. The molecule has 1 aromatic heterocycles. The zero-order valence-corrected chi connectivity index (χ0v) is 13.2. The highest BCUT2D eigenvalue weighted by molar-refractivity contribution is 7.99. The van der Waals surface area contributed by atoms with Gasteiger partial charge in [0.15, 0.2) is 0 Å². The van der Waals surface area contributed by atoms with Gasteiger partial charge in [0, 0.05) is 36.7 Å². The predicted octanol–water partition coefficient (Wildman–Crippen LogP) is 2.63. The highest BCUT2D eigenvalue weighted by Gasteiger charge is 2.19. The summed E-state index contributed by atoms with van der Waals surface area (Å²) in [6, 6.07) is 0.555. The van der Waals surface area contributed by atoms with Gasteiger partial charge in [-0.25, -0.2) is 9.78 Å². The van der Waals surface area contributed by atoms with E-state index in [1.807, 2.05) is 45.1 Å². The number of aromatic nitrogens is 2. The zero-order chi connectivity index (χ0) is 14.6. The molecular formula is C14H23N3O2S. The van der Waals surface area contributed by atoms with Crippen molar-refractivity contribution in [2.45, 2.75) is 45.3 Å². The van der Waals surface area contributed by atoms with Gasteiger partial charge in [-0.2, -0.15) is 11.8 Å². The molecule has 1 aromatic rings. The minimum Gasteiger partial charge on any atom is -0.444 e. The number of nitrogens with zero attached hydrogens (tertiary/aromatic N) is 2. The smallest absolute Gasteiger partial charge is 0.407 e. The predicted molar refractivity (Wildman–Crippen MR) is 81.1 cm³/mol. The largest absolute Gasteiger partial charge is 0.444 e. The molecule has 0 aliphatic carbocycles. The molecule has 0 radical (unpaired) electrons. The third kappa shape index (κ3) is 4.44. The Hall–Kier alpha value is -1.17. The van der Waals surface area contributed by atoms with Crippen LogP contribution in [0.2, 0.25) is 0 Å². The first-order valence-corrected chi connectivity index (χ1v) is 8.16. The summed E-state index contributed by atoms with van der Waals surface area (Å²) in [6.45, 7) is 6.15. The van der Waals surface area contributed by atoms with Gasteiger partial charge >= 0.3 is 6.09 Å². The van der Waals surface area contributed by atoms with Gasteiger partial charge in [-0.05, 0) is 32.9 Å². The van der Waals surface area contributed by atoms with E-state index in [1.54, 1.807) is 0 Å². The van der Waals surface area contributed by atoms with Crippen LogP contribution in [0.1, 0.15) is 38.9 Å². The van der Waals surface area contributed by atoms with Gasteiger partial charge in [0.25, 0.3) is 0 Å². The molecule has 1 N–H and O–H groups in total. The van der Waals surface area contributed by atoms with Crippen molar-refractivity contribution in [3.63, 3.8) is 0 Å². The lowest BCUT2D eigenvalue weighted by Gasteiger charge is -2.20. The molecule has 1 unspecified atom stereocenters. The highest BCUT2D eigenvalue weighted by atomic mass is 32.2. The van der Waals surface area contributed by atoms with Crippen LogP contribution < -0.4 is 5.32 Å². The van der Waals surface area contributed by atoms with Crippen LogP contribution in [0.5, 0.6) is 0 Å². The SMILES string of the molecule is CC(C)(C)OC(=O)NCCc1cncn1C1CCSC1. The van der Waals surface area contributed by atoms with E-state index >= 15 is 0 Å². The second kappa shape index (κ2) is 6.52. The van der Waals surface area contributed by atoms with Crippen LogP contribution in [0.3, 0.4) is 0 Å². The molecule has 1 fully saturated rings. The molecule has 20 heavy (non-hydrogen) atoms. The molecule has 2 heterocycles. The summed E-state index contributed by atoms with van der Waals surface area (Å²) in [7, 11) is 0. The van der Waals surface area contributed by atoms with Gasteiger partial charge in [0.05, 0.1) is 6.33 Å². The van der Waals surface area contributed by atoms with E-state index < -0.39 is 5.60 Å². The lowest BCUT2D eigenvalue weighted by atomic mass is 10.2. The Morgan fingerprint density at radius 1 is 1.60 bits per heavy atom. The standard InChI is InChI=1S/C14H23N3O2S/c1-14(2,3)19-13(18)16-6-4-11-8-15-10-17(11)12-5-7-20-9-12/h8,10,12H,4-7,9H2,1-3H3,(H,16,18). The van der Waals surface area contributed by atoms with Gasteiger partial charge in [0.2, 0.25) is 0 Å². The van der Waals surface area contributed by atoms with Gasteiger partial charge in [-0.15, -0.1) is 0 Å². The average Bonchev–Trinajstić information content (AvgIpc) is 2.95. The van der Waals surface area contributed by atoms with Crippen molar-refractivity contribution in [2.75, 3.05) is 18.1 Å². The number of hydrogen-bond donors (Lipinski definition) is 1. The van der Waals surface area contributed by atoms with Crippen molar-refractivity contribution in [3.8, 4) is 0 Å². The zero-order valence-electron chi connectivity index (χ0n) is 12.4. The van der Waals surface area contributed by atoms with E-state index in [1.165, 1.54) is 17.9 Å². The number of hydrogen-bond acceptors (Lipinski definition) is 4. The van der Waals surface area contributed by atoms with Crippen LogP contribution in [0.15, 0.2) is 12.5 Å². The van der Waals surface area contributed by atoms with Crippen LogP contribution in [0, 0.1) is 0 Å². The first-order chi connectivity index (χ1) is 9.46. The lowest BCUT2D eigenvalue weighted by molar-refractivity contribution is 0.0528. The monoisotopic (exact) mass is 297 g/mol. The Kier molecular flexibility index (Phi) is 4.96. The molecule has 6 heteroatoms. The van der Waals surface area contributed by atoms with Crippen molar-refractivity contribution < 1.29 is 9.53 Å². The maximum atomic E-state index is 11.6. The van der Waals surface area contributed by atoms with Crippen LogP contribution in [0.25, 0.3) is 0 Å². The summed E-state index contributed by atoms with van der Waals surface area (Å²) >= 11 is 1.99. The normalized spacial score (nSPS) is 19.1. The number of thioether (sulfide) groups is 1. The molecule has 0 bridgehead atoms. The first kappa shape index (κ1) is 15.2. The third-order valence-corrected chi connectivity index (χ3v) is 4.24. The van der Waals surface area contributed by atoms with Crippen molar-refractivity contribution in [3.05, 3.63) is 18.2 Å². The Labute approximate surface area is 124 Å². The molecule has 112 valence electrons. The number of rotatable bonds is 4. The van der Waals surface area contributed by atoms with Gasteiger partial charge in [0.1, 0.15) is 5.60 Å². The summed E-state index contributed by atoms with van der Waals surface area (Å²) in [5.74, 6) is 2.38. The molecule has 0 spiro atoms. The fourth-order valence-electron chi connectivity index (χ4n) is 2.20. The summed E-state index contributed by atoms with van der Waals surface area (Å²) in [5, 5.41) is 2.79. The molecule has 1 aliphatic rings. The molecular weight excluding hydrogens is 274 g/mol. The lowest BCUT2D eigenvalue weighted by Crippen LogP contribution is -2.33. The van der Waals surface area contributed by atoms with Crippen LogP contribution in [-0.4, -0.2) is 39.3 Å². The summed E-state index contributed by atoms with van der Waals surface area (Å²) in [6.07, 6.45) is 5.41. The Bertz CT molecular complexity index is 448. The minimum absolute atomic E-state index is 0.361. The quantitative estimate of drug-likeness (QED) is 0.928. The third-order valence-electron chi connectivity index (χ3n) is 3.09. The molecule has 1 amide bonds. The number of carbonyl (C=O) groups is 1. The van der Waals surface area contributed by atoms with E-state index in [9.17, 15) is 4.79 Å². The summed E-state index contributed by atoms with van der Waals surface area (Å²) < 4.78 is 7.46. The molecule has 2 rings (SSSR count). The number of carbonyl (C=O) groups excluding carboxylic acids is 1. The Balaban J connectivity index is 1.80. The van der Waals surface area contributed by atoms with E-state index in [-0.39, 0.29) is 6.09 Å². The fraction of sp³-hybridized carbons (Fsp3) is 0.714. The van der Waals surface area contributed by atoms with Gasteiger partial charge in [-0.1, -0.05) is 0 Å². The number of nitrogens with one attached hydrogen (secondary N) is 1. The van der Waals surface area contributed by atoms with Crippen LogP contribution in [0.4, 0.5) is 4.79 Å². The van der Waals surface area contributed by atoms with Gasteiger partial charge < -0.3 is 14.6 Å². The number of alkyl carbamates (subject to hydrolysis) is 1. The molecule has 5 nitrogen and oxygen atoms in total. The summed E-state index contributed by atoms with van der Waals surface area (Å²) in [4.78, 5) is 15.8. The summed E-state index contributed by atoms with van der Waals surface area (Å²) in [5.41, 5.74) is 0.723. The van der Waals surface area contributed by atoms with E-state index in [0.717, 1.165) is 12.2 Å². The molecule has 1 saturated heterocycles. The van der Waals surface area contributed by atoms with Crippen LogP contribution >= 0.6 is 11.8 Å². The highest BCUT2D eigenvalue weighted by Crippen LogP contribution is 2.28.